The van der Waals surface area contributed by atoms with Gasteiger partial charge in [0, 0.05) is 18.3 Å². The lowest BCUT2D eigenvalue weighted by Gasteiger charge is -2.25. The average Bonchev–Trinajstić information content (AvgIpc) is 2.23. The van der Waals surface area contributed by atoms with E-state index >= 15 is 0 Å². The number of nitrogens with one attached hydrogen (secondary N) is 2. The van der Waals surface area contributed by atoms with Crippen molar-refractivity contribution in [2.75, 3.05) is 23.9 Å². The van der Waals surface area contributed by atoms with E-state index in [1.54, 1.807) is 13.8 Å². The maximum absolute atomic E-state index is 11.2. The average molecular weight is 302 g/mol. The van der Waals surface area contributed by atoms with Gasteiger partial charge in [-0.2, -0.15) is 0 Å². The fourth-order valence-electron chi connectivity index (χ4n) is 1.59. The minimum Gasteiger partial charge on any atom is -0.478 e. The van der Waals surface area contributed by atoms with Gasteiger partial charge in [-0.3, -0.25) is 0 Å². The minimum atomic E-state index is -3.33. The molecule has 0 aromatic carbocycles. The highest BCUT2D eigenvalue weighted by atomic mass is 32.2. The van der Waals surface area contributed by atoms with E-state index in [9.17, 15) is 13.2 Å². The third kappa shape index (κ3) is 5.02. The number of aromatic nitrogens is 1. The Morgan fingerprint density at radius 3 is 2.55 bits per heavy atom. The predicted octanol–water partition coefficient (Wildman–Crippen LogP) is 0.102. The number of hydrogen-bond donors (Lipinski definition) is 4. The first-order chi connectivity index (χ1) is 9.00. The van der Waals surface area contributed by atoms with Crippen LogP contribution in [0.4, 0.5) is 11.5 Å². The number of nitrogens with two attached hydrogens (primary N) is 1. The Morgan fingerprint density at radius 1 is 1.50 bits per heavy atom. The van der Waals surface area contributed by atoms with Crippen molar-refractivity contribution in [1.82, 2.24) is 9.71 Å². The van der Waals surface area contributed by atoms with Crippen molar-refractivity contribution in [2.45, 2.75) is 19.4 Å². The van der Waals surface area contributed by atoms with Gasteiger partial charge in [-0.25, -0.2) is 22.9 Å². The molecule has 0 fully saturated rings. The summed E-state index contributed by atoms with van der Waals surface area (Å²) in [5.74, 6) is -0.812. The quantitative estimate of drug-likeness (QED) is 0.585. The number of carboxylic acid groups (broad SMARTS) is 1. The SMILES string of the molecule is CC(C)(CNc1ncc(C(=O)O)cc1N)NS(C)(=O)=O. The number of carboxylic acids is 1. The van der Waals surface area contributed by atoms with E-state index in [4.69, 9.17) is 10.8 Å². The first-order valence-electron chi connectivity index (χ1n) is 5.72. The summed E-state index contributed by atoms with van der Waals surface area (Å²) in [4.78, 5) is 14.7. The summed E-state index contributed by atoms with van der Waals surface area (Å²) in [6, 6.07) is 1.29. The van der Waals surface area contributed by atoms with Crippen LogP contribution in [0.15, 0.2) is 12.3 Å². The molecule has 1 heterocycles. The van der Waals surface area contributed by atoms with Crippen LogP contribution in [0.5, 0.6) is 0 Å². The molecule has 0 saturated carbocycles. The fraction of sp³-hybridized carbons (Fsp3) is 0.455. The van der Waals surface area contributed by atoms with E-state index in [1.165, 1.54) is 12.3 Å². The van der Waals surface area contributed by atoms with Gasteiger partial charge < -0.3 is 16.2 Å². The Bertz CT molecular complexity index is 613. The molecule has 8 nitrogen and oxygen atoms in total. The lowest BCUT2D eigenvalue weighted by atomic mass is 10.1. The van der Waals surface area contributed by atoms with Crippen LogP contribution in [0.1, 0.15) is 24.2 Å². The Labute approximate surface area is 117 Å². The molecule has 112 valence electrons. The first kappa shape index (κ1) is 16.2. The van der Waals surface area contributed by atoms with E-state index in [-0.39, 0.29) is 17.8 Å². The maximum Gasteiger partial charge on any atom is 0.337 e. The molecule has 0 bridgehead atoms. The zero-order chi connectivity index (χ0) is 15.6. The van der Waals surface area contributed by atoms with Gasteiger partial charge in [0.2, 0.25) is 10.0 Å². The van der Waals surface area contributed by atoms with Crippen LogP contribution in [0.25, 0.3) is 0 Å². The molecule has 0 aliphatic heterocycles. The van der Waals surface area contributed by atoms with Gasteiger partial charge in [0.15, 0.2) is 0 Å². The molecule has 0 amide bonds. The summed E-state index contributed by atoms with van der Waals surface area (Å²) in [7, 11) is -3.33. The van der Waals surface area contributed by atoms with Crippen molar-refractivity contribution >= 4 is 27.5 Å². The Balaban J connectivity index is 2.78. The van der Waals surface area contributed by atoms with Crippen LogP contribution < -0.4 is 15.8 Å². The molecule has 0 aliphatic carbocycles. The van der Waals surface area contributed by atoms with Gasteiger partial charge in [0.25, 0.3) is 0 Å². The highest BCUT2D eigenvalue weighted by Gasteiger charge is 2.22. The third-order valence-corrected chi connectivity index (χ3v) is 3.25. The Morgan fingerprint density at radius 2 is 2.10 bits per heavy atom. The molecule has 1 aromatic heterocycles. The van der Waals surface area contributed by atoms with Crippen LogP contribution in [0.2, 0.25) is 0 Å². The molecule has 0 radical (unpaired) electrons. The summed E-state index contributed by atoms with van der Waals surface area (Å²) >= 11 is 0. The zero-order valence-corrected chi connectivity index (χ0v) is 12.3. The number of pyridine rings is 1. The molecule has 1 rings (SSSR count). The molecule has 0 aliphatic rings. The molecule has 0 unspecified atom stereocenters. The summed E-state index contributed by atoms with van der Waals surface area (Å²) in [6.45, 7) is 3.63. The summed E-state index contributed by atoms with van der Waals surface area (Å²) in [5, 5.41) is 11.7. The molecular formula is C11H18N4O4S. The number of sulfonamides is 1. The topological polar surface area (TPSA) is 134 Å². The van der Waals surface area contributed by atoms with Gasteiger partial charge in [-0.05, 0) is 19.9 Å². The van der Waals surface area contributed by atoms with Crippen molar-refractivity contribution < 1.29 is 18.3 Å². The van der Waals surface area contributed by atoms with E-state index in [0.29, 0.717) is 5.82 Å². The van der Waals surface area contributed by atoms with E-state index in [2.05, 4.69) is 15.0 Å². The Kier molecular flexibility index (Phi) is 4.56. The molecule has 1 aromatic rings. The number of aromatic carboxylic acids is 1. The number of anilines is 2. The number of rotatable bonds is 6. The Hall–Kier alpha value is -1.87. The summed E-state index contributed by atoms with van der Waals surface area (Å²) in [5.41, 5.74) is 5.11. The highest BCUT2D eigenvalue weighted by molar-refractivity contribution is 7.88. The number of carbonyl (C=O) groups is 1. The lowest BCUT2D eigenvalue weighted by molar-refractivity contribution is 0.0696. The molecule has 0 atom stereocenters. The second kappa shape index (κ2) is 5.63. The normalized spacial score (nSPS) is 12.2. The monoisotopic (exact) mass is 302 g/mol. The van der Waals surface area contributed by atoms with Crippen LogP contribution in [-0.2, 0) is 10.0 Å². The maximum atomic E-state index is 11.2. The number of hydrogen-bond acceptors (Lipinski definition) is 6. The van der Waals surface area contributed by atoms with Gasteiger partial charge in [-0.15, -0.1) is 0 Å². The largest absolute Gasteiger partial charge is 0.478 e. The molecular weight excluding hydrogens is 284 g/mol. The third-order valence-electron chi connectivity index (χ3n) is 2.32. The zero-order valence-electron chi connectivity index (χ0n) is 11.5. The standard InChI is InChI=1S/C11H18N4O4S/c1-11(2,15-20(3,18)19)6-14-9-8(12)4-7(5-13-9)10(16)17/h4-5,15H,6,12H2,1-3H3,(H,13,14)(H,16,17). The van der Waals surface area contributed by atoms with Gasteiger partial charge in [0.1, 0.15) is 5.82 Å². The minimum absolute atomic E-state index is 0.0124. The lowest BCUT2D eigenvalue weighted by Crippen LogP contribution is -2.47. The van der Waals surface area contributed by atoms with Crippen molar-refractivity contribution in [3.8, 4) is 0 Å². The van der Waals surface area contributed by atoms with Crippen molar-refractivity contribution in [3.63, 3.8) is 0 Å². The molecule has 9 heteroatoms. The van der Waals surface area contributed by atoms with Crippen molar-refractivity contribution in [2.24, 2.45) is 0 Å². The van der Waals surface area contributed by atoms with E-state index in [1.807, 2.05) is 0 Å². The second-order valence-electron chi connectivity index (χ2n) is 5.08. The van der Waals surface area contributed by atoms with Crippen LogP contribution >= 0.6 is 0 Å². The summed E-state index contributed by atoms with van der Waals surface area (Å²) < 4.78 is 24.9. The number of nitrogens with zero attached hydrogens (tertiary/aromatic N) is 1. The van der Waals surface area contributed by atoms with Gasteiger partial charge in [0.05, 0.1) is 17.5 Å². The number of nitrogen functional groups attached to an aromatic ring is 1. The highest BCUT2D eigenvalue weighted by Crippen LogP contribution is 2.17. The van der Waals surface area contributed by atoms with E-state index < -0.39 is 21.5 Å². The molecule has 20 heavy (non-hydrogen) atoms. The fourth-order valence-corrected chi connectivity index (χ4v) is 2.67. The van der Waals surface area contributed by atoms with Gasteiger partial charge >= 0.3 is 5.97 Å². The molecule has 5 N–H and O–H groups in total. The molecule has 0 saturated heterocycles. The second-order valence-corrected chi connectivity index (χ2v) is 6.83. The predicted molar refractivity (Wildman–Crippen MR) is 76.2 cm³/mol. The van der Waals surface area contributed by atoms with Crippen molar-refractivity contribution in [1.29, 1.82) is 0 Å². The summed E-state index contributed by atoms with van der Waals surface area (Å²) in [6.07, 6.45) is 2.25. The van der Waals surface area contributed by atoms with Crippen LogP contribution in [0, 0.1) is 0 Å². The smallest absolute Gasteiger partial charge is 0.337 e. The van der Waals surface area contributed by atoms with Crippen LogP contribution in [0.3, 0.4) is 0 Å². The van der Waals surface area contributed by atoms with Crippen molar-refractivity contribution in [3.05, 3.63) is 17.8 Å². The van der Waals surface area contributed by atoms with E-state index in [0.717, 1.165) is 6.26 Å². The molecule has 0 spiro atoms. The van der Waals surface area contributed by atoms with Gasteiger partial charge in [-0.1, -0.05) is 0 Å². The van der Waals surface area contributed by atoms with Crippen LogP contribution in [-0.4, -0.2) is 42.8 Å². The first-order valence-corrected chi connectivity index (χ1v) is 7.61.